The van der Waals surface area contributed by atoms with Gasteiger partial charge in [0.1, 0.15) is 11.6 Å². The van der Waals surface area contributed by atoms with E-state index in [2.05, 4.69) is 24.8 Å². The van der Waals surface area contributed by atoms with Crippen LogP contribution in [-0.4, -0.2) is 54.2 Å². The summed E-state index contributed by atoms with van der Waals surface area (Å²) in [7, 11) is 0. The molecule has 2 saturated heterocycles. The molecule has 0 amide bonds. The number of rotatable bonds is 3. The summed E-state index contributed by atoms with van der Waals surface area (Å²) in [6.45, 7) is 4.51. The maximum atomic E-state index is 12.9. The fourth-order valence-corrected chi connectivity index (χ4v) is 3.52. The molecule has 4 rings (SSSR count). The van der Waals surface area contributed by atoms with E-state index in [1.54, 1.807) is 6.20 Å². The Bertz CT molecular complexity index is 783. The second kappa shape index (κ2) is 7.21. The first-order chi connectivity index (χ1) is 13.0. The number of hydrogen-bond donors (Lipinski definition) is 0. The molecule has 2 aromatic heterocycles. The van der Waals surface area contributed by atoms with Crippen LogP contribution in [0.1, 0.15) is 18.4 Å². The number of hydrogen-bond acceptors (Lipinski definition) is 6. The van der Waals surface area contributed by atoms with Crippen molar-refractivity contribution in [3.63, 3.8) is 0 Å². The van der Waals surface area contributed by atoms with Crippen molar-refractivity contribution in [2.24, 2.45) is 0 Å². The zero-order valence-electron chi connectivity index (χ0n) is 14.9. The minimum atomic E-state index is -4.35. The second-order valence-corrected chi connectivity index (χ2v) is 6.78. The van der Waals surface area contributed by atoms with Crippen LogP contribution in [0, 0.1) is 0 Å². The Hall–Kier alpha value is -2.58. The van der Waals surface area contributed by atoms with Crippen LogP contribution in [0.5, 0.6) is 0 Å². The smallest absolute Gasteiger partial charge is 0.353 e. The van der Waals surface area contributed by atoms with Crippen LogP contribution in [0.4, 0.5) is 30.8 Å². The zero-order chi connectivity index (χ0) is 18.9. The van der Waals surface area contributed by atoms with Crippen molar-refractivity contribution in [3.05, 3.63) is 36.2 Å². The molecular weight excluding hydrogens is 357 g/mol. The molecule has 0 atom stereocenters. The highest BCUT2D eigenvalue weighted by molar-refractivity contribution is 5.48. The van der Waals surface area contributed by atoms with Gasteiger partial charge in [0.15, 0.2) is 0 Å². The molecule has 2 aliphatic heterocycles. The third kappa shape index (κ3) is 3.91. The van der Waals surface area contributed by atoms with Gasteiger partial charge in [0.2, 0.25) is 5.95 Å². The van der Waals surface area contributed by atoms with Gasteiger partial charge in [-0.15, -0.1) is 0 Å². The molecule has 2 aliphatic rings. The fraction of sp³-hybridized carbons (Fsp3) is 0.500. The van der Waals surface area contributed by atoms with Crippen LogP contribution in [-0.2, 0) is 6.18 Å². The minimum Gasteiger partial charge on any atom is -0.353 e. The molecule has 2 aromatic rings. The first kappa shape index (κ1) is 17.8. The van der Waals surface area contributed by atoms with Crippen LogP contribution >= 0.6 is 0 Å². The number of halogens is 3. The highest BCUT2D eigenvalue weighted by atomic mass is 19.4. The lowest BCUT2D eigenvalue weighted by Crippen LogP contribution is -2.47. The Labute approximate surface area is 155 Å². The molecule has 4 heterocycles. The summed E-state index contributed by atoms with van der Waals surface area (Å²) in [5, 5.41) is 0. The van der Waals surface area contributed by atoms with Gasteiger partial charge in [-0.1, -0.05) is 0 Å². The molecule has 0 aliphatic carbocycles. The van der Waals surface area contributed by atoms with Gasteiger partial charge >= 0.3 is 6.18 Å². The van der Waals surface area contributed by atoms with Crippen LogP contribution in [0.25, 0.3) is 0 Å². The van der Waals surface area contributed by atoms with Gasteiger partial charge in [-0.3, -0.25) is 0 Å². The molecule has 9 heteroatoms. The predicted molar refractivity (Wildman–Crippen MR) is 97.1 cm³/mol. The Kier molecular flexibility index (Phi) is 4.75. The second-order valence-electron chi connectivity index (χ2n) is 6.78. The van der Waals surface area contributed by atoms with E-state index in [1.807, 2.05) is 11.0 Å². The van der Waals surface area contributed by atoms with Crippen LogP contribution in [0.3, 0.4) is 0 Å². The van der Waals surface area contributed by atoms with Gasteiger partial charge in [-0.2, -0.15) is 18.2 Å². The Balaban J connectivity index is 1.43. The molecule has 27 heavy (non-hydrogen) atoms. The summed E-state index contributed by atoms with van der Waals surface area (Å²) in [6, 6.07) is 4.00. The number of nitrogens with zero attached hydrogens (tertiary/aromatic N) is 6. The lowest BCUT2D eigenvalue weighted by atomic mass is 10.2. The maximum Gasteiger partial charge on any atom is 0.416 e. The molecule has 144 valence electrons. The van der Waals surface area contributed by atoms with E-state index in [-0.39, 0.29) is 0 Å². The van der Waals surface area contributed by atoms with Gasteiger partial charge in [0.05, 0.1) is 5.56 Å². The monoisotopic (exact) mass is 378 g/mol. The number of alkyl halides is 3. The van der Waals surface area contributed by atoms with E-state index >= 15 is 0 Å². The molecule has 0 bridgehead atoms. The summed E-state index contributed by atoms with van der Waals surface area (Å²) in [5.41, 5.74) is -0.666. The molecule has 0 radical (unpaired) electrons. The summed E-state index contributed by atoms with van der Waals surface area (Å²) < 4.78 is 38.7. The van der Waals surface area contributed by atoms with E-state index in [1.165, 1.54) is 6.20 Å². The Morgan fingerprint density at radius 3 is 2.04 bits per heavy atom. The van der Waals surface area contributed by atoms with Crippen LogP contribution in [0.15, 0.2) is 30.6 Å². The van der Waals surface area contributed by atoms with Gasteiger partial charge in [0.25, 0.3) is 0 Å². The maximum absolute atomic E-state index is 12.9. The van der Waals surface area contributed by atoms with E-state index in [0.717, 1.165) is 49.8 Å². The largest absolute Gasteiger partial charge is 0.416 e. The topological polar surface area (TPSA) is 48.4 Å². The molecule has 6 nitrogen and oxygen atoms in total. The average Bonchev–Trinajstić information content (AvgIpc) is 3.23. The first-order valence-corrected chi connectivity index (χ1v) is 9.12. The number of piperazine rings is 1. The van der Waals surface area contributed by atoms with Crippen molar-refractivity contribution in [2.75, 3.05) is 54.0 Å². The molecule has 2 fully saturated rings. The van der Waals surface area contributed by atoms with E-state index in [0.29, 0.717) is 32.0 Å². The van der Waals surface area contributed by atoms with Gasteiger partial charge in [-0.05, 0) is 31.0 Å². The lowest BCUT2D eigenvalue weighted by Gasteiger charge is -2.36. The Morgan fingerprint density at radius 1 is 0.741 bits per heavy atom. The van der Waals surface area contributed by atoms with Crippen molar-refractivity contribution < 1.29 is 13.2 Å². The third-order valence-corrected chi connectivity index (χ3v) is 5.02. The average molecular weight is 378 g/mol. The van der Waals surface area contributed by atoms with Gasteiger partial charge < -0.3 is 14.7 Å². The number of anilines is 3. The predicted octanol–water partition coefficient (Wildman–Crippen LogP) is 2.82. The van der Waals surface area contributed by atoms with Crippen LogP contribution < -0.4 is 14.7 Å². The standard InChI is InChI=1S/C18H21F3N6/c19-18(20,21)14-3-5-22-16(13-14)26-11-9-25(10-12-26)15-4-6-23-17(24-15)27-7-1-2-8-27/h3-6,13H,1-2,7-12H2. The molecule has 0 N–H and O–H groups in total. The first-order valence-electron chi connectivity index (χ1n) is 9.12. The highest BCUT2D eigenvalue weighted by Gasteiger charge is 2.31. The Morgan fingerprint density at radius 2 is 1.37 bits per heavy atom. The van der Waals surface area contributed by atoms with Crippen molar-refractivity contribution in [2.45, 2.75) is 19.0 Å². The van der Waals surface area contributed by atoms with E-state index in [4.69, 9.17) is 0 Å². The summed E-state index contributed by atoms with van der Waals surface area (Å²) in [5.74, 6) is 1.99. The molecule has 0 aromatic carbocycles. The van der Waals surface area contributed by atoms with Crippen molar-refractivity contribution >= 4 is 17.6 Å². The van der Waals surface area contributed by atoms with Crippen molar-refractivity contribution in [1.29, 1.82) is 0 Å². The fourth-order valence-electron chi connectivity index (χ4n) is 3.52. The summed E-state index contributed by atoms with van der Waals surface area (Å²) in [4.78, 5) is 19.4. The molecular formula is C18H21F3N6. The lowest BCUT2D eigenvalue weighted by molar-refractivity contribution is -0.137. The zero-order valence-corrected chi connectivity index (χ0v) is 14.9. The number of aromatic nitrogens is 3. The van der Waals surface area contributed by atoms with Gasteiger partial charge in [0, 0.05) is 51.7 Å². The quantitative estimate of drug-likeness (QED) is 0.819. The van der Waals surface area contributed by atoms with Crippen molar-refractivity contribution in [1.82, 2.24) is 15.0 Å². The van der Waals surface area contributed by atoms with Gasteiger partial charge in [-0.25, -0.2) is 9.97 Å². The van der Waals surface area contributed by atoms with Crippen molar-refractivity contribution in [3.8, 4) is 0 Å². The van der Waals surface area contributed by atoms with Crippen LogP contribution in [0.2, 0.25) is 0 Å². The van der Waals surface area contributed by atoms with E-state index in [9.17, 15) is 13.2 Å². The molecule has 0 spiro atoms. The SMILES string of the molecule is FC(F)(F)c1ccnc(N2CCN(c3ccnc(N4CCCC4)n3)CC2)c1. The highest BCUT2D eigenvalue weighted by Crippen LogP contribution is 2.31. The molecule has 0 saturated carbocycles. The summed E-state index contributed by atoms with van der Waals surface area (Å²) >= 11 is 0. The number of pyridine rings is 1. The molecule has 0 unspecified atom stereocenters. The minimum absolute atomic E-state index is 0.366. The third-order valence-electron chi connectivity index (χ3n) is 5.02. The summed E-state index contributed by atoms with van der Waals surface area (Å²) in [6.07, 6.45) is 0.965. The normalized spacial score (nSPS) is 18.3. The van der Waals surface area contributed by atoms with E-state index < -0.39 is 11.7 Å².